The molecule has 1 aliphatic carbocycles. The Morgan fingerprint density at radius 3 is 2.07 bits per heavy atom. The summed E-state index contributed by atoms with van der Waals surface area (Å²) in [4.78, 5) is 19.9. The van der Waals surface area contributed by atoms with Crippen molar-refractivity contribution in [2.75, 3.05) is 13.7 Å². The van der Waals surface area contributed by atoms with Crippen molar-refractivity contribution >= 4 is 11.7 Å². The predicted octanol–water partition coefficient (Wildman–Crippen LogP) is 4.67. The number of rotatable bonds is 5. The van der Waals surface area contributed by atoms with Gasteiger partial charge in [-0.05, 0) is 42.5 Å². The van der Waals surface area contributed by atoms with Gasteiger partial charge >= 0.3 is 0 Å². The number of aliphatic imine (C=N–C) groups is 1. The standard InChI is InChI=1S/C23H26N2O2/c1-3-16-25-21(24-23(22(25)26)14-4-5-15-23)19-8-6-17(7-9-19)18-10-12-20(27-2)13-11-18/h6-13H,3-5,14-16H2,1-2H3. The summed E-state index contributed by atoms with van der Waals surface area (Å²) in [6, 6.07) is 16.4. The van der Waals surface area contributed by atoms with Crippen LogP contribution in [0.15, 0.2) is 53.5 Å². The van der Waals surface area contributed by atoms with Gasteiger partial charge in [0.05, 0.1) is 7.11 Å². The van der Waals surface area contributed by atoms with Crippen LogP contribution < -0.4 is 4.74 Å². The Balaban J connectivity index is 1.64. The number of hydrogen-bond donors (Lipinski definition) is 0. The first-order valence-corrected chi connectivity index (χ1v) is 9.83. The van der Waals surface area contributed by atoms with Crippen molar-refractivity contribution in [3.8, 4) is 16.9 Å². The summed E-state index contributed by atoms with van der Waals surface area (Å²) in [6.45, 7) is 2.84. The highest BCUT2D eigenvalue weighted by Crippen LogP contribution is 2.40. The van der Waals surface area contributed by atoms with Gasteiger partial charge in [0.2, 0.25) is 0 Å². The summed E-state index contributed by atoms with van der Waals surface area (Å²) >= 11 is 0. The van der Waals surface area contributed by atoms with Crippen molar-refractivity contribution in [3.05, 3.63) is 54.1 Å². The van der Waals surface area contributed by atoms with Crippen LogP contribution in [0.4, 0.5) is 0 Å². The van der Waals surface area contributed by atoms with E-state index in [1.54, 1.807) is 7.11 Å². The molecule has 0 radical (unpaired) electrons. The number of nitrogens with zero attached hydrogens (tertiary/aromatic N) is 2. The number of ether oxygens (including phenoxy) is 1. The monoisotopic (exact) mass is 362 g/mol. The number of amidine groups is 1. The third-order valence-corrected chi connectivity index (χ3v) is 5.66. The number of carbonyl (C=O) groups is 1. The van der Waals surface area contributed by atoms with Crippen LogP contribution in [0, 0.1) is 0 Å². The molecule has 4 rings (SSSR count). The molecule has 1 amide bonds. The molecular weight excluding hydrogens is 336 g/mol. The molecule has 2 aromatic carbocycles. The maximum absolute atomic E-state index is 13.1. The van der Waals surface area contributed by atoms with E-state index in [1.165, 1.54) is 0 Å². The molecule has 0 unspecified atom stereocenters. The van der Waals surface area contributed by atoms with E-state index in [-0.39, 0.29) is 5.91 Å². The highest BCUT2D eigenvalue weighted by molar-refractivity contribution is 6.15. The molecule has 27 heavy (non-hydrogen) atoms. The van der Waals surface area contributed by atoms with Gasteiger partial charge in [0.15, 0.2) is 0 Å². The lowest BCUT2D eigenvalue weighted by Gasteiger charge is -2.22. The third kappa shape index (κ3) is 3.14. The maximum Gasteiger partial charge on any atom is 0.256 e. The first kappa shape index (κ1) is 17.8. The van der Waals surface area contributed by atoms with E-state index in [0.29, 0.717) is 0 Å². The van der Waals surface area contributed by atoms with Gasteiger partial charge in [-0.25, -0.2) is 0 Å². The third-order valence-electron chi connectivity index (χ3n) is 5.66. The molecular formula is C23H26N2O2. The maximum atomic E-state index is 13.1. The smallest absolute Gasteiger partial charge is 0.256 e. The van der Waals surface area contributed by atoms with Crippen LogP contribution >= 0.6 is 0 Å². The molecule has 1 saturated carbocycles. The second-order valence-electron chi connectivity index (χ2n) is 7.44. The zero-order chi connectivity index (χ0) is 18.9. The van der Waals surface area contributed by atoms with E-state index in [1.807, 2.05) is 17.0 Å². The molecule has 0 atom stereocenters. The molecule has 1 spiro atoms. The van der Waals surface area contributed by atoms with Gasteiger partial charge in [0, 0.05) is 12.1 Å². The van der Waals surface area contributed by atoms with E-state index in [4.69, 9.17) is 9.73 Å². The zero-order valence-corrected chi connectivity index (χ0v) is 16.1. The van der Waals surface area contributed by atoms with E-state index in [0.717, 1.165) is 66.9 Å². The van der Waals surface area contributed by atoms with E-state index in [2.05, 4.69) is 43.3 Å². The molecule has 140 valence electrons. The van der Waals surface area contributed by atoms with Crippen molar-refractivity contribution in [1.82, 2.24) is 4.90 Å². The van der Waals surface area contributed by atoms with E-state index < -0.39 is 5.54 Å². The summed E-state index contributed by atoms with van der Waals surface area (Å²) in [5, 5.41) is 0. The molecule has 0 aromatic heterocycles. The number of carbonyl (C=O) groups excluding carboxylic acids is 1. The SMILES string of the molecule is CCCN1C(=O)C2(CCCC2)N=C1c1ccc(-c2ccc(OC)cc2)cc1. The summed E-state index contributed by atoms with van der Waals surface area (Å²) in [7, 11) is 1.67. The van der Waals surface area contributed by atoms with Crippen molar-refractivity contribution in [2.24, 2.45) is 4.99 Å². The number of benzene rings is 2. The average Bonchev–Trinajstić information content (AvgIpc) is 3.30. The first-order valence-electron chi connectivity index (χ1n) is 9.83. The fourth-order valence-electron chi connectivity index (χ4n) is 4.19. The van der Waals surface area contributed by atoms with Gasteiger partial charge in [0.1, 0.15) is 17.1 Å². The molecule has 2 aliphatic rings. The van der Waals surface area contributed by atoms with Crippen LogP contribution in [0.1, 0.15) is 44.6 Å². The van der Waals surface area contributed by atoms with Gasteiger partial charge in [-0.1, -0.05) is 56.2 Å². The Morgan fingerprint density at radius 2 is 1.52 bits per heavy atom. The highest BCUT2D eigenvalue weighted by Gasteiger charge is 2.49. The lowest BCUT2D eigenvalue weighted by atomic mass is 9.98. The Bertz CT molecular complexity index is 847. The summed E-state index contributed by atoms with van der Waals surface area (Å²) in [5.41, 5.74) is 2.82. The van der Waals surface area contributed by atoms with Gasteiger partial charge in [-0.15, -0.1) is 0 Å². The van der Waals surface area contributed by atoms with Crippen LogP contribution in [0.2, 0.25) is 0 Å². The summed E-state index contributed by atoms with van der Waals surface area (Å²) in [6.07, 6.45) is 4.90. The molecule has 1 aliphatic heterocycles. The van der Waals surface area contributed by atoms with Crippen LogP contribution in [0.5, 0.6) is 5.75 Å². The molecule has 1 fully saturated rings. The molecule has 2 aromatic rings. The van der Waals surface area contributed by atoms with Gasteiger partial charge in [0.25, 0.3) is 5.91 Å². The number of methoxy groups -OCH3 is 1. The van der Waals surface area contributed by atoms with Crippen LogP contribution in [-0.4, -0.2) is 35.8 Å². The topological polar surface area (TPSA) is 41.9 Å². The van der Waals surface area contributed by atoms with Crippen molar-refractivity contribution in [1.29, 1.82) is 0 Å². The Morgan fingerprint density at radius 1 is 0.963 bits per heavy atom. The zero-order valence-electron chi connectivity index (χ0n) is 16.1. The van der Waals surface area contributed by atoms with Crippen LogP contribution in [0.25, 0.3) is 11.1 Å². The Hall–Kier alpha value is -2.62. The highest BCUT2D eigenvalue weighted by atomic mass is 16.5. The van der Waals surface area contributed by atoms with Crippen LogP contribution in [-0.2, 0) is 4.79 Å². The molecule has 1 heterocycles. The summed E-state index contributed by atoms with van der Waals surface area (Å²) in [5.74, 6) is 1.91. The van der Waals surface area contributed by atoms with Crippen LogP contribution in [0.3, 0.4) is 0 Å². The second-order valence-corrected chi connectivity index (χ2v) is 7.44. The van der Waals surface area contributed by atoms with Gasteiger partial charge < -0.3 is 4.74 Å². The summed E-state index contributed by atoms with van der Waals surface area (Å²) < 4.78 is 5.23. The van der Waals surface area contributed by atoms with Gasteiger partial charge in [-0.3, -0.25) is 14.7 Å². The Kier molecular flexibility index (Phi) is 4.73. The van der Waals surface area contributed by atoms with E-state index in [9.17, 15) is 4.79 Å². The molecule has 0 saturated heterocycles. The van der Waals surface area contributed by atoms with Crippen molar-refractivity contribution < 1.29 is 9.53 Å². The largest absolute Gasteiger partial charge is 0.497 e. The van der Waals surface area contributed by atoms with Gasteiger partial charge in [-0.2, -0.15) is 0 Å². The first-order chi connectivity index (χ1) is 13.2. The second kappa shape index (κ2) is 7.18. The minimum atomic E-state index is -0.487. The lowest BCUT2D eigenvalue weighted by molar-refractivity contribution is -0.131. The van der Waals surface area contributed by atoms with E-state index >= 15 is 0 Å². The quantitative estimate of drug-likeness (QED) is 0.775. The Labute approximate surface area is 160 Å². The minimum absolute atomic E-state index is 0.205. The molecule has 0 N–H and O–H groups in total. The minimum Gasteiger partial charge on any atom is -0.497 e. The average molecular weight is 362 g/mol. The number of hydrogen-bond acceptors (Lipinski definition) is 3. The lowest BCUT2D eigenvalue weighted by Crippen LogP contribution is -2.41. The molecule has 4 nitrogen and oxygen atoms in total. The fourth-order valence-corrected chi connectivity index (χ4v) is 4.19. The molecule has 4 heteroatoms. The van der Waals surface area contributed by atoms with Crippen molar-refractivity contribution in [2.45, 2.75) is 44.6 Å². The molecule has 0 bridgehead atoms. The predicted molar refractivity (Wildman–Crippen MR) is 108 cm³/mol. The normalized spacial score (nSPS) is 18.2. The number of amides is 1. The fraction of sp³-hybridized carbons (Fsp3) is 0.391. The van der Waals surface area contributed by atoms with Crippen molar-refractivity contribution in [3.63, 3.8) is 0 Å².